The smallest absolute Gasteiger partial charge is 0.294 e. The average molecular weight is 248 g/mol. The lowest BCUT2D eigenvalue weighted by Crippen LogP contribution is -2.47. The third-order valence-electron chi connectivity index (χ3n) is 2.95. The molecular weight excluding hydrogens is 233 g/mol. The highest BCUT2D eigenvalue weighted by atomic mass is 19.4. The van der Waals surface area contributed by atoms with Crippen molar-refractivity contribution in [3.8, 4) is 0 Å². The molecule has 0 atom stereocenters. The topological polar surface area (TPSA) is 34.0 Å². The number of aromatic nitrogens is 3. The molecule has 0 amide bonds. The summed E-state index contributed by atoms with van der Waals surface area (Å²) in [5, 5.41) is 6.85. The van der Waals surface area contributed by atoms with Crippen LogP contribution in [-0.4, -0.2) is 31.7 Å². The highest BCUT2D eigenvalue weighted by Crippen LogP contribution is 2.30. The van der Waals surface area contributed by atoms with Gasteiger partial charge in [0.2, 0.25) is 5.82 Å². The normalized spacial score (nSPS) is 18.2. The van der Waals surface area contributed by atoms with Gasteiger partial charge in [-0.15, -0.1) is 10.2 Å². The number of hydrogen-bond acceptors (Lipinski definition) is 3. The molecule has 1 aliphatic rings. The van der Waals surface area contributed by atoms with Crippen molar-refractivity contribution in [2.24, 2.45) is 0 Å². The number of alkyl halides is 3. The molecule has 1 aliphatic heterocycles. The van der Waals surface area contributed by atoms with E-state index >= 15 is 0 Å². The summed E-state index contributed by atoms with van der Waals surface area (Å²) < 4.78 is 39.2. The Hall–Kier alpha value is -1.11. The van der Waals surface area contributed by atoms with Crippen molar-refractivity contribution in [3.05, 3.63) is 11.6 Å². The molecule has 7 heteroatoms. The Morgan fingerprint density at radius 3 is 2.29 bits per heavy atom. The molecule has 17 heavy (non-hydrogen) atoms. The number of nitrogens with zero attached hydrogens (tertiary/aromatic N) is 4. The summed E-state index contributed by atoms with van der Waals surface area (Å²) in [6, 6.07) is 0. The van der Waals surface area contributed by atoms with Crippen LogP contribution in [0.1, 0.15) is 32.4 Å². The summed E-state index contributed by atoms with van der Waals surface area (Å²) >= 11 is 0. The fourth-order valence-electron chi connectivity index (χ4n) is 1.90. The van der Waals surface area contributed by atoms with Gasteiger partial charge in [-0.2, -0.15) is 13.2 Å². The number of halogens is 3. The van der Waals surface area contributed by atoms with Gasteiger partial charge in [0.25, 0.3) is 0 Å². The number of rotatable bonds is 0. The van der Waals surface area contributed by atoms with Gasteiger partial charge in [-0.3, -0.25) is 9.47 Å². The predicted molar refractivity (Wildman–Crippen MR) is 55.2 cm³/mol. The first-order chi connectivity index (χ1) is 7.69. The zero-order valence-electron chi connectivity index (χ0n) is 10.0. The van der Waals surface area contributed by atoms with E-state index in [2.05, 4.69) is 10.2 Å². The van der Waals surface area contributed by atoms with Gasteiger partial charge in [0, 0.05) is 18.5 Å². The van der Waals surface area contributed by atoms with E-state index in [0.717, 1.165) is 4.57 Å². The molecule has 1 aromatic rings. The molecule has 0 N–H and O–H groups in total. The third kappa shape index (κ3) is 2.29. The van der Waals surface area contributed by atoms with Crippen LogP contribution in [-0.2, 0) is 19.3 Å². The quantitative estimate of drug-likeness (QED) is 0.703. The van der Waals surface area contributed by atoms with Crippen molar-refractivity contribution in [1.82, 2.24) is 19.7 Å². The molecule has 0 saturated heterocycles. The van der Waals surface area contributed by atoms with E-state index in [9.17, 15) is 13.2 Å². The fourth-order valence-corrected chi connectivity index (χ4v) is 1.90. The SMILES string of the molecule is CC(C)(C)N1CCc2nnc(C(F)(F)F)n2C1. The van der Waals surface area contributed by atoms with Crippen molar-refractivity contribution in [1.29, 1.82) is 0 Å². The van der Waals surface area contributed by atoms with Crippen molar-refractivity contribution in [2.75, 3.05) is 6.54 Å². The Morgan fingerprint density at radius 2 is 1.76 bits per heavy atom. The monoisotopic (exact) mass is 248 g/mol. The van der Waals surface area contributed by atoms with Crippen molar-refractivity contribution in [3.63, 3.8) is 0 Å². The Labute approximate surface area is 97.4 Å². The van der Waals surface area contributed by atoms with Crippen LogP contribution in [0.25, 0.3) is 0 Å². The summed E-state index contributed by atoms with van der Waals surface area (Å²) in [5.41, 5.74) is -0.162. The van der Waals surface area contributed by atoms with Gasteiger partial charge in [-0.25, -0.2) is 0 Å². The molecule has 0 unspecified atom stereocenters. The highest BCUT2D eigenvalue weighted by molar-refractivity contribution is 5.03. The van der Waals surface area contributed by atoms with E-state index in [0.29, 0.717) is 18.8 Å². The van der Waals surface area contributed by atoms with Crippen LogP contribution in [0.3, 0.4) is 0 Å². The van der Waals surface area contributed by atoms with Gasteiger partial charge >= 0.3 is 6.18 Å². The zero-order chi connectivity index (χ0) is 12.8. The Bertz CT molecular complexity index is 416. The molecular formula is C10H15F3N4. The Kier molecular flexibility index (Phi) is 2.68. The molecule has 0 bridgehead atoms. The van der Waals surface area contributed by atoms with Gasteiger partial charge in [0.05, 0.1) is 6.67 Å². The van der Waals surface area contributed by atoms with Crippen molar-refractivity contribution in [2.45, 2.75) is 45.6 Å². The highest BCUT2D eigenvalue weighted by Gasteiger charge is 2.40. The molecule has 2 rings (SSSR count). The lowest BCUT2D eigenvalue weighted by atomic mass is 10.1. The average Bonchev–Trinajstić information content (AvgIpc) is 2.57. The summed E-state index contributed by atoms with van der Waals surface area (Å²) in [5.74, 6) is -0.487. The van der Waals surface area contributed by atoms with E-state index in [-0.39, 0.29) is 12.2 Å². The van der Waals surface area contributed by atoms with E-state index < -0.39 is 12.0 Å². The minimum Gasteiger partial charge on any atom is -0.294 e. The Morgan fingerprint density at radius 1 is 1.12 bits per heavy atom. The van der Waals surface area contributed by atoms with Gasteiger partial charge in [0.15, 0.2) is 0 Å². The largest absolute Gasteiger partial charge is 0.451 e. The fraction of sp³-hybridized carbons (Fsp3) is 0.800. The molecule has 0 aliphatic carbocycles. The Balaban J connectivity index is 2.33. The lowest BCUT2D eigenvalue weighted by molar-refractivity contribution is -0.149. The standard InChI is InChI=1S/C10H15F3N4/c1-9(2,3)16-5-4-7-14-15-8(10(11,12)13)17(7)6-16/h4-6H2,1-3H3. The molecule has 0 saturated carbocycles. The van der Waals surface area contributed by atoms with Crippen LogP contribution in [0.5, 0.6) is 0 Å². The minimum atomic E-state index is -4.44. The van der Waals surface area contributed by atoms with Crippen molar-refractivity contribution < 1.29 is 13.2 Å². The molecule has 96 valence electrons. The molecule has 0 aromatic carbocycles. The van der Waals surface area contributed by atoms with Crippen LogP contribution < -0.4 is 0 Å². The first kappa shape index (κ1) is 12.3. The van der Waals surface area contributed by atoms with Gasteiger partial charge in [-0.05, 0) is 20.8 Å². The molecule has 0 fully saturated rings. The van der Waals surface area contributed by atoms with Crippen LogP contribution in [0.4, 0.5) is 13.2 Å². The van der Waals surface area contributed by atoms with Gasteiger partial charge < -0.3 is 0 Å². The first-order valence-corrected chi connectivity index (χ1v) is 5.44. The van der Waals surface area contributed by atoms with Crippen LogP contribution in [0.15, 0.2) is 0 Å². The maximum absolute atomic E-state index is 12.7. The summed E-state index contributed by atoms with van der Waals surface area (Å²) in [4.78, 5) is 1.98. The summed E-state index contributed by atoms with van der Waals surface area (Å²) in [7, 11) is 0. The lowest BCUT2D eigenvalue weighted by Gasteiger charge is -2.38. The van der Waals surface area contributed by atoms with Crippen LogP contribution in [0.2, 0.25) is 0 Å². The zero-order valence-corrected chi connectivity index (χ0v) is 10.0. The second-order valence-electron chi connectivity index (χ2n) is 5.19. The summed E-state index contributed by atoms with van der Waals surface area (Å²) in [6.07, 6.45) is -3.94. The molecule has 2 heterocycles. The number of hydrogen-bond donors (Lipinski definition) is 0. The molecule has 0 radical (unpaired) electrons. The van der Waals surface area contributed by atoms with E-state index in [4.69, 9.17) is 0 Å². The van der Waals surface area contributed by atoms with Gasteiger partial charge in [-0.1, -0.05) is 0 Å². The molecule has 4 nitrogen and oxygen atoms in total. The van der Waals surface area contributed by atoms with Crippen molar-refractivity contribution >= 4 is 0 Å². The molecule has 0 spiro atoms. The maximum atomic E-state index is 12.7. The minimum absolute atomic E-state index is 0.162. The molecule has 1 aromatic heterocycles. The predicted octanol–water partition coefficient (Wildman–Crippen LogP) is 1.91. The van der Waals surface area contributed by atoms with Crippen LogP contribution in [0, 0.1) is 0 Å². The van der Waals surface area contributed by atoms with E-state index in [1.54, 1.807) is 0 Å². The second-order valence-corrected chi connectivity index (χ2v) is 5.19. The van der Waals surface area contributed by atoms with Crippen LogP contribution >= 0.6 is 0 Å². The maximum Gasteiger partial charge on any atom is 0.451 e. The summed E-state index contributed by atoms with van der Waals surface area (Å²) in [6.45, 7) is 6.85. The van der Waals surface area contributed by atoms with E-state index in [1.165, 1.54) is 0 Å². The second kappa shape index (κ2) is 3.69. The van der Waals surface area contributed by atoms with Gasteiger partial charge in [0.1, 0.15) is 5.82 Å². The van der Waals surface area contributed by atoms with E-state index in [1.807, 2.05) is 25.7 Å². The first-order valence-electron chi connectivity index (χ1n) is 5.44. The number of fused-ring (bicyclic) bond motifs is 1. The third-order valence-corrected chi connectivity index (χ3v) is 2.95.